The van der Waals surface area contributed by atoms with Crippen molar-refractivity contribution in [2.75, 3.05) is 20.1 Å². The van der Waals surface area contributed by atoms with Gasteiger partial charge in [-0.3, -0.25) is 4.79 Å². The fourth-order valence-electron chi connectivity index (χ4n) is 2.93. The van der Waals surface area contributed by atoms with Crippen molar-refractivity contribution in [2.24, 2.45) is 0 Å². The Bertz CT molecular complexity index is 743. The zero-order chi connectivity index (χ0) is 18.0. The first-order valence-electron chi connectivity index (χ1n) is 7.87. The van der Waals surface area contributed by atoms with Crippen LogP contribution in [0.2, 0.25) is 0 Å². The number of benzene rings is 1. The SMILES string of the molecule is CNC[C@@H]1CCCN1C(=O)c1ccc(-c2noc(C(F)(F)F)n2)cc1. The molecule has 3 rings (SSSR count). The Morgan fingerprint density at radius 2 is 2.08 bits per heavy atom. The third-order valence-electron chi connectivity index (χ3n) is 4.14. The average molecular weight is 354 g/mol. The van der Waals surface area contributed by atoms with Crippen LogP contribution in [0.4, 0.5) is 13.2 Å². The lowest BCUT2D eigenvalue weighted by molar-refractivity contribution is -0.159. The molecule has 1 saturated heterocycles. The molecule has 1 fully saturated rings. The summed E-state index contributed by atoms with van der Waals surface area (Å²) in [7, 11) is 1.84. The highest BCUT2D eigenvalue weighted by Crippen LogP contribution is 2.29. The molecule has 134 valence electrons. The maximum atomic E-state index is 12.6. The van der Waals surface area contributed by atoms with Crippen LogP contribution in [0.1, 0.15) is 29.1 Å². The molecule has 0 aliphatic carbocycles. The minimum Gasteiger partial charge on any atom is -0.334 e. The first-order valence-corrected chi connectivity index (χ1v) is 7.87. The van der Waals surface area contributed by atoms with Crippen LogP contribution in [-0.4, -0.2) is 47.1 Å². The van der Waals surface area contributed by atoms with E-state index < -0.39 is 12.1 Å². The molecule has 1 aromatic heterocycles. The molecular weight excluding hydrogens is 337 g/mol. The number of likely N-dealkylation sites (tertiary alicyclic amines) is 1. The topological polar surface area (TPSA) is 71.3 Å². The molecule has 1 aromatic carbocycles. The molecule has 0 unspecified atom stereocenters. The summed E-state index contributed by atoms with van der Waals surface area (Å²) in [6, 6.07) is 6.32. The van der Waals surface area contributed by atoms with Crippen LogP contribution in [0.3, 0.4) is 0 Å². The highest BCUT2D eigenvalue weighted by atomic mass is 19.4. The third kappa shape index (κ3) is 3.65. The van der Waals surface area contributed by atoms with E-state index in [4.69, 9.17) is 0 Å². The third-order valence-corrected chi connectivity index (χ3v) is 4.14. The number of carbonyl (C=O) groups excluding carboxylic acids is 1. The van der Waals surface area contributed by atoms with Gasteiger partial charge < -0.3 is 14.7 Å². The summed E-state index contributed by atoms with van der Waals surface area (Å²) in [5.74, 6) is -1.65. The van der Waals surface area contributed by atoms with Crippen molar-refractivity contribution in [3.05, 3.63) is 35.7 Å². The molecule has 1 atom stereocenters. The van der Waals surface area contributed by atoms with Crippen molar-refractivity contribution in [2.45, 2.75) is 25.1 Å². The number of alkyl halides is 3. The van der Waals surface area contributed by atoms with Crippen LogP contribution in [0.15, 0.2) is 28.8 Å². The van der Waals surface area contributed by atoms with Crippen molar-refractivity contribution >= 4 is 5.91 Å². The number of aromatic nitrogens is 2. The Balaban J connectivity index is 1.76. The fourth-order valence-corrected chi connectivity index (χ4v) is 2.93. The summed E-state index contributed by atoms with van der Waals surface area (Å²) >= 11 is 0. The van der Waals surface area contributed by atoms with E-state index in [9.17, 15) is 18.0 Å². The number of hydrogen-bond donors (Lipinski definition) is 1. The van der Waals surface area contributed by atoms with E-state index in [1.54, 1.807) is 12.1 Å². The van der Waals surface area contributed by atoms with Crippen LogP contribution in [-0.2, 0) is 6.18 Å². The number of rotatable bonds is 4. The Morgan fingerprint density at radius 3 is 2.68 bits per heavy atom. The molecule has 1 aliphatic heterocycles. The van der Waals surface area contributed by atoms with Crippen molar-refractivity contribution in [1.29, 1.82) is 0 Å². The molecular formula is C16H17F3N4O2. The predicted molar refractivity (Wildman–Crippen MR) is 82.7 cm³/mol. The molecule has 0 saturated carbocycles. The van der Waals surface area contributed by atoms with Gasteiger partial charge >= 0.3 is 12.1 Å². The van der Waals surface area contributed by atoms with Gasteiger partial charge in [0.15, 0.2) is 0 Å². The van der Waals surface area contributed by atoms with Crippen LogP contribution in [0.5, 0.6) is 0 Å². The minimum atomic E-state index is -4.68. The normalized spacial score (nSPS) is 17.9. The average Bonchev–Trinajstić information content (AvgIpc) is 3.24. The molecule has 1 amide bonds. The lowest BCUT2D eigenvalue weighted by Crippen LogP contribution is -2.40. The number of hydrogen-bond acceptors (Lipinski definition) is 5. The van der Waals surface area contributed by atoms with Crippen LogP contribution >= 0.6 is 0 Å². The molecule has 0 spiro atoms. The number of amides is 1. The molecule has 0 bridgehead atoms. The minimum absolute atomic E-state index is 0.0895. The fraction of sp³-hybridized carbons (Fsp3) is 0.438. The van der Waals surface area contributed by atoms with E-state index in [-0.39, 0.29) is 17.8 Å². The van der Waals surface area contributed by atoms with Gasteiger partial charge in [0.1, 0.15) is 0 Å². The summed E-state index contributed by atoms with van der Waals surface area (Å²) in [6.45, 7) is 1.43. The molecule has 2 heterocycles. The van der Waals surface area contributed by atoms with E-state index in [1.807, 2.05) is 11.9 Å². The first kappa shape index (κ1) is 17.4. The maximum absolute atomic E-state index is 12.6. The molecule has 6 nitrogen and oxygen atoms in total. The monoisotopic (exact) mass is 354 g/mol. The van der Waals surface area contributed by atoms with Crippen molar-refractivity contribution < 1.29 is 22.5 Å². The van der Waals surface area contributed by atoms with Gasteiger partial charge in [-0.25, -0.2) is 0 Å². The Morgan fingerprint density at radius 1 is 1.36 bits per heavy atom. The second kappa shape index (κ2) is 6.83. The molecule has 1 N–H and O–H groups in total. The largest absolute Gasteiger partial charge is 0.471 e. The number of nitrogens with one attached hydrogen (secondary N) is 1. The highest BCUT2D eigenvalue weighted by Gasteiger charge is 2.38. The first-order chi connectivity index (χ1) is 11.9. The van der Waals surface area contributed by atoms with Gasteiger partial charge in [-0.2, -0.15) is 18.2 Å². The maximum Gasteiger partial charge on any atom is 0.471 e. The van der Waals surface area contributed by atoms with Crippen LogP contribution in [0, 0.1) is 0 Å². The smallest absolute Gasteiger partial charge is 0.334 e. The van der Waals surface area contributed by atoms with Gasteiger partial charge in [0.05, 0.1) is 0 Å². The highest BCUT2D eigenvalue weighted by molar-refractivity contribution is 5.95. The molecule has 2 aromatic rings. The lowest BCUT2D eigenvalue weighted by Gasteiger charge is -2.24. The summed E-state index contributed by atoms with van der Waals surface area (Å²) in [5.41, 5.74) is 0.829. The lowest BCUT2D eigenvalue weighted by atomic mass is 10.1. The van der Waals surface area contributed by atoms with Gasteiger partial charge in [-0.15, -0.1) is 0 Å². The second-order valence-corrected chi connectivity index (χ2v) is 5.85. The van der Waals surface area contributed by atoms with Gasteiger partial charge in [-0.1, -0.05) is 17.3 Å². The van der Waals surface area contributed by atoms with Crippen LogP contribution in [0.25, 0.3) is 11.4 Å². The van der Waals surface area contributed by atoms with Gasteiger partial charge in [0.2, 0.25) is 5.82 Å². The number of nitrogens with zero attached hydrogens (tertiary/aromatic N) is 3. The number of halogens is 3. The van der Waals surface area contributed by atoms with Crippen molar-refractivity contribution in [3.8, 4) is 11.4 Å². The van der Waals surface area contributed by atoms with Crippen molar-refractivity contribution in [1.82, 2.24) is 20.4 Å². The Kier molecular flexibility index (Phi) is 4.76. The standard InChI is InChI=1S/C16H17F3N4O2/c1-20-9-12-3-2-8-23(12)14(24)11-6-4-10(5-7-11)13-21-15(25-22-13)16(17,18)19/h4-7,12,20H,2-3,8-9H2,1H3/t12-/m0/s1. The van der Waals surface area contributed by atoms with E-state index >= 15 is 0 Å². The van der Waals surface area contributed by atoms with E-state index in [0.717, 1.165) is 19.4 Å². The molecule has 9 heteroatoms. The van der Waals surface area contributed by atoms with Gasteiger partial charge in [0.25, 0.3) is 5.91 Å². The summed E-state index contributed by atoms with van der Waals surface area (Å²) in [5, 5.41) is 6.41. The number of likely N-dealkylation sites (N-methyl/N-ethyl adjacent to an activating group) is 1. The summed E-state index contributed by atoms with van der Waals surface area (Å²) < 4.78 is 41.7. The van der Waals surface area contributed by atoms with Gasteiger partial charge in [0, 0.05) is 30.3 Å². The van der Waals surface area contributed by atoms with Crippen molar-refractivity contribution in [3.63, 3.8) is 0 Å². The molecule has 1 aliphatic rings. The van der Waals surface area contributed by atoms with Gasteiger partial charge in [-0.05, 0) is 32.0 Å². The Labute approximate surface area is 142 Å². The van der Waals surface area contributed by atoms with Crippen LogP contribution < -0.4 is 5.32 Å². The quantitative estimate of drug-likeness (QED) is 0.914. The zero-order valence-electron chi connectivity index (χ0n) is 13.5. The predicted octanol–water partition coefficient (Wildman–Crippen LogP) is 2.58. The van der Waals surface area contributed by atoms with E-state index in [1.165, 1.54) is 12.1 Å². The summed E-state index contributed by atoms with van der Waals surface area (Å²) in [4.78, 5) is 17.8. The molecule has 25 heavy (non-hydrogen) atoms. The second-order valence-electron chi connectivity index (χ2n) is 5.85. The summed E-state index contributed by atoms with van der Waals surface area (Å²) in [6.07, 6.45) is -2.77. The molecule has 0 radical (unpaired) electrons. The Hall–Kier alpha value is -2.42. The zero-order valence-corrected chi connectivity index (χ0v) is 13.5. The van der Waals surface area contributed by atoms with E-state index in [2.05, 4.69) is 20.0 Å². The number of carbonyl (C=O) groups is 1. The van der Waals surface area contributed by atoms with E-state index in [0.29, 0.717) is 17.7 Å².